The molecule has 2 aromatic heterocycles. The molecule has 0 radical (unpaired) electrons. The minimum Gasteiger partial charge on any atom is -0.493 e. The molecule has 4 rings (SSSR count). The van der Waals surface area contributed by atoms with Gasteiger partial charge in [0.25, 0.3) is 0 Å². The molecule has 3 aromatic rings. The molecule has 2 heterocycles. The van der Waals surface area contributed by atoms with Crippen LogP contribution < -0.4 is 20.1 Å². The van der Waals surface area contributed by atoms with Crippen LogP contribution in [0, 0.1) is 0 Å². The van der Waals surface area contributed by atoms with E-state index in [1.54, 1.807) is 26.7 Å². The molecular weight excluding hydrogens is 531 g/mol. The molecule has 2 N–H and O–H groups in total. The van der Waals surface area contributed by atoms with Crippen LogP contribution in [0.1, 0.15) is 36.8 Å². The first kappa shape index (κ1) is 24.8. The summed E-state index contributed by atoms with van der Waals surface area (Å²) in [5, 5.41) is 6.72. The van der Waals surface area contributed by atoms with Crippen LogP contribution in [-0.4, -0.2) is 40.8 Å². The summed E-state index contributed by atoms with van der Waals surface area (Å²) in [6, 6.07) is 10.0. The smallest absolute Gasteiger partial charge is 0.191 e. The number of guanidine groups is 1. The molecular formula is C24H31IN6O2. The maximum absolute atomic E-state index is 6.33. The summed E-state index contributed by atoms with van der Waals surface area (Å²) in [6.45, 7) is 1.19. The van der Waals surface area contributed by atoms with Gasteiger partial charge >= 0.3 is 0 Å². The third-order valence-corrected chi connectivity index (χ3v) is 5.57. The first-order valence-electron chi connectivity index (χ1n) is 11.0. The van der Waals surface area contributed by atoms with Gasteiger partial charge in [-0.25, -0.2) is 9.97 Å². The van der Waals surface area contributed by atoms with Crippen LogP contribution in [0.2, 0.25) is 0 Å². The number of rotatable bonds is 8. The molecule has 1 aliphatic carbocycles. The molecule has 0 atom stereocenters. The van der Waals surface area contributed by atoms with E-state index < -0.39 is 0 Å². The number of methoxy groups -OCH3 is 1. The van der Waals surface area contributed by atoms with Gasteiger partial charge in [-0.05, 0) is 43.4 Å². The topological polar surface area (TPSA) is 85.6 Å². The van der Waals surface area contributed by atoms with Crippen LogP contribution in [0.4, 0.5) is 0 Å². The Morgan fingerprint density at radius 1 is 1.15 bits per heavy atom. The number of benzene rings is 1. The molecule has 0 unspecified atom stereocenters. The van der Waals surface area contributed by atoms with Crippen molar-refractivity contribution in [3.63, 3.8) is 0 Å². The van der Waals surface area contributed by atoms with Gasteiger partial charge in [-0.2, -0.15) is 0 Å². The quantitative estimate of drug-likeness (QED) is 0.245. The van der Waals surface area contributed by atoms with E-state index in [4.69, 9.17) is 9.47 Å². The van der Waals surface area contributed by atoms with E-state index in [1.165, 1.54) is 12.8 Å². The van der Waals surface area contributed by atoms with Crippen molar-refractivity contribution in [2.45, 2.75) is 44.9 Å². The zero-order chi connectivity index (χ0) is 22.2. The fourth-order valence-corrected chi connectivity index (χ4v) is 3.82. The van der Waals surface area contributed by atoms with E-state index in [-0.39, 0.29) is 30.1 Å². The van der Waals surface area contributed by atoms with Gasteiger partial charge in [0.2, 0.25) is 0 Å². The molecule has 0 amide bonds. The number of halogens is 1. The Morgan fingerprint density at radius 2 is 1.97 bits per heavy atom. The molecule has 9 heteroatoms. The average Bonchev–Trinajstić information content (AvgIpc) is 3.55. The van der Waals surface area contributed by atoms with E-state index >= 15 is 0 Å². The second kappa shape index (κ2) is 12.4. The van der Waals surface area contributed by atoms with Gasteiger partial charge in [0.05, 0.1) is 13.2 Å². The Hall–Kier alpha value is -2.82. The fraction of sp³-hybridized carbons (Fsp3) is 0.375. The molecule has 1 aliphatic rings. The van der Waals surface area contributed by atoms with Crippen LogP contribution in [0.3, 0.4) is 0 Å². The highest BCUT2D eigenvalue weighted by molar-refractivity contribution is 14.0. The summed E-state index contributed by atoms with van der Waals surface area (Å²) in [5.74, 6) is 3.13. The molecule has 0 aliphatic heterocycles. The van der Waals surface area contributed by atoms with Crippen LogP contribution in [0.25, 0.3) is 5.82 Å². The maximum Gasteiger partial charge on any atom is 0.191 e. The molecule has 1 aromatic carbocycles. The molecule has 0 saturated heterocycles. The number of hydrogen-bond acceptors (Lipinski definition) is 5. The summed E-state index contributed by atoms with van der Waals surface area (Å²) in [7, 11) is 3.44. The zero-order valence-corrected chi connectivity index (χ0v) is 21.4. The second-order valence-electron chi connectivity index (χ2n) is 7.75. The van der Waals surface area contributed by atoms with Gasteiger partial charge < -0.3 is 20.1 Å². The Bertz CT molecular complexity index is 1020. The molecule has 1 fully saturated rings. The molecule has 0 spiro atoms. The number of nitrogens with one attached hydrogen (secondary N) is 2. The van der Waals surface area contributed by atoms with Crippen LogP contribution in [-0.2, 0) is 13.1 Å². The number of ether oxygens (including phenoxy) is 2. The van der Waals surface area contributed by atoms with Crippen molar-refractivity contribution < 1.29 is 9.47 Å². The lowest BCUT2D eigenvalue weighted by Gasteiger charge is -2.20. The van der Waals surface area contributed by atoms with Crippen molar-refractivity contribution in [2.75, 3.05) is 14.2 Å². The lowest BCUT2D eigenvalue weighted by atomic mass is 10.1. The SMILES string of the molecule is CN=C(NCc1ccc(-n2ccnc2)nc1)NCc1cccc(OC)c1OC1CCCC1.I. The number of pyridine rings is 1. The van der Waals surface area contributed by atoms with Gasteiger partial charge in [0.15, 0.2) is 17.5 Å². The van der Waals surface area contributed by atoms with E-state index in [0.29, 0.717) is 19.0 Å². The number of nitrogens with zero attached hydrogens (tertiary/aromatic N) is 4. The van der Waals surface area contributed by atoms with Gasteiger partial charge in [0.1, 0.15) is 12.1 Å². The second-order valence-corrected chi connectivity index (χ2v) is 7.75. The molecule has 33 heavy (non-hydrogen) atoms. The van der Waals surface area contributed by atoms with Crippen LogP contribution in [0.15, 0.2) is 60.2 Å². The number of hydrogen-bond donors (Lipinski definition) is 2. The summed E-state index contributed by atoms with van der Waals surface area (Å²) < 4.78 is 13.8. The van der Waals surface area contributed by atoms with Crippen LogP contribution in [0.5, 0.6) is 11.5 Å². The van der Waals surface area contributed by atoms with Gasteiger partial charge in [0, 0.05) is 44.3 Å². The van der Waals surface area contributed by atoms with Crippen molar-refractivity contribution in [3.8, 4) is 17.3 Å². The third kappa shape index (κ3) is 6.59. The van der Waals surface area contributed by atoms with Gasteiger partial charge in [-0.15, -0.1) is 24.0 Å². The van der Waals surface area contributed by atoms with Crippen molar-refractivity contribution in [1.82, 2.24) is 25.2 Å². The Labute approximate surface area is 211 Å². The van der Waals surface area contributed by atoms with Crippen molar-refractivity contribution in [2.24, 2.45) is 4.99 Å². The summed E-state index contributed by atoms with van der Waals surface area (Å²) in [4.78, 5) is 12.9. The fourth-order valence-electron chi connectivity index (χ4n) is 3.82. The van der Waals surface area contributed by atoms with Crippen molar-refractivity contribution in [3.05, 3.63) is 66.4 Å². The zero-order valence-electron chi connectivity index (χ0n) is 19.0. The standard InChI is InChI=1S/C24H30N6O2.HI/c1-25-24(28-15-18-10-11-22(27-14-18)30-13-12-26-17-30)29-16-19-6-5-9-21(31-2)23(19)32-20-7-3-4-8-20;/h5-6,9-14,17,20H,3-4,7-8,15-16H2,1-2H3,(H2,25,28,29);1H. The summed E-state index contributed by atoms with van der Waals surface area (Å²) in [6.07, 6.45) is 12.1. The maximum atomic E-state index is 6.33. The molecule has 1 saturated carbocycles. The van der Waals surface area contributed by atoms with E-state index in [2.05, 4.69) is 31.7 Å². The highest BCUT2D eigenvalue weighted by Crippen LogP contribution is 2.34. The lowest BCUT2D eigenvalue weighted by molar-refractivity contribution is 0.198. The average molecular weight is 562 g/mol. The predicted molar refractivity (Wildman–Crippen MR) is 140 cm³/mol. The minimum absolute atomic E-state index is 0. The first-order valence-corrected chi connectivity index (χ1v) is 11.0. The highest BCUT2D eigenvalue weighted by Gasteiger charge is 2.20. The summed E-state index contributed by atoms with van der Waals surface area (Å²) in [5.41, 5.74) is 2.11. The van der Waals surface area contributed by atoms with Crippen molar-refractivity contribution >= 4 is 29.9 Å². The van der Waals surface area contributed by atoms with Crippen LogP contribution >= 0.6 is 24.0 Å². The largest absolute Gasteiger partial charge is 0.493 e. The van der Waals surface area contributed by atoms with E-state index in [0.717, 1.165) is 41.3 Å². The Morgan fingerprint density at radius 3 is 2.64 bits per heavy atom. The van der Waals surface area contributed by atoms with E-state index in [9.17, 15) is 0 Å². The molecule has 0 bridgehead atoms. The predicted octanol–water partition coefficient (Wildman–Crippen LogP) is 4.08. The van der Waals surface area contributed by atoms with E-state index in [1.807, 2.05) is 41.2 Å². The molecule has 8 nitrogen and oxygen atoms in total. The Balaban J connectivity index is 0.00000306. The van der Waals surface area contributed by atoms with Gasteiger partial charge in [-0.3, -0.25) is 9.56 Å². The number of aliphatic imine (C=N–C) groups is 1. The van der Waals surface area contributed by atoms with Gasteiger partial charge in [-0.1, -0.05) is 18.2 Å². The first-order chi connectivity index (χ1) is 15.8. The number of imidazole rings is 1. The monoisotopic (exact) mass is 562 g/mol. The Kier molecular flexibility index (Phi) is 9.35. The number of aromatic nitrogens is 3. The highest BCUT2D eigenvalue weighted by atomic mass is 127. The van der Waals surface area contributed by atoms with Crippen molar-refractivity contribution in [1.29, 1.82) is 0 Å². The minimum atomic E-state index is 0. The third-order valence-electron chi connectivity index (χ3n) is 5.57. The molecule has 176 valence electrons. The lowest BCUT2D eigenvalue weighted by Crippen LogP contribution is -2.36. The summed E-state index contributed by atoms with van der Waals surface area (Å²) >= 11 is 0. The number of para-hydroxylation sites is 1. The normalized spacial score (nSPS) is 13.9.